The lowest BCUT2D eigenvalue weighted by atomic mass is 9.94. The number of hydrogen-bond acceptors (Lipinski definition) is 3. The van der Waals surface area contributed by atoms with Gasteiger partial charge in [-0.3, -0.25) is 9.59 Å². The van der Waals surface area contributed by atoms with E-state index in [1.807, 2.05) is 56.0 Å². The first-order valence-corrected chi connectivity index (χ1v) is 8.12. The predicted molar refractivity (Wildman–Crippen MR) is 90.9 cm³/mol. The van der Waals surface area contributed by atoms with Crippen molar-refractivity contribution in [1.82, 2.24) is 15.1 Å². The molecule has 1 N–H and O–H groups in total. The minimum atomic E-state index is -0.619. The molecule has 2 amide bonds. The zero-order valence-electron chi connectivity index (χ0n) is 14.5. The second-order valence-electron chi connectivity index (χ2n) is 7.20. The van der Waals surface area contributed by atoms with Crippen LogP contribution in [0.15, 0.2) is 30.3 Å². The monoisotopic (exact) mass is 317 g/mol. The summed E-state index contributed by atoms with van der Waals surface area (Å²) in [7, 11) is 2.05. The Kier molecular flexibility index (Phi) is 5.42. The number of amides is 2. The Morgan fingerprint density at radius 3 is 2.13 bits per heavy atom. The van der Waals surface area contributed by atoms with Crippen molar-refractivity contribution in [2.75, 3.05) is 33.2 Å². The summed E-state index contributed by atoms with van der Waals surface area (Å²) >= 11 is 0. The van der Waals surface area contributed by atoms with Crippen LogP contribution in [-0.4, -0.2) is 54.8 Å². The van der Waals surface area contributed by atoms with Crippen molar-refractivity contribution < 1.29 is 9.59 Å². The number of nitrogens with zero attached hydrogens (tertiary/aromatic N) is 2. The van der Waals surface area contributed by atoms with Crippen molar-refractivity contribution in [2.45, 2.75) is 26.8 Å². The van der Waals surface area contributed by atoms with E-state index in [-0.39, 0.29) is 11.8 Å². The Hall–Kier alpha value is -1.88. The smallest absolute Gasteiger partial charge is 0.249 e. The Morgan fingerprint density at radius 1 is 1.04 bits per heavy atom. The predicted octanol–water partition coefficient (Wildman–Crippen LogP) is 1.66. The number of carbonyl (C=O) groups excluding carboxylic acids is 2. The Labute approximate surface area is 138 Å². The molecule has 1 saturated heterocycles. The van der Waals surface area contributed by atoms with Crippen LogP contribution in [0.3, 0.4) is 0 Å². The quantitative estimate of drug-likeness (QED) is 0.922. The molecule has 0 saturated carbocycles. The maximum atomic E-state index is 13.0. The highest BCUT2D eigenvalue weighted by Crippen LogP contribution is 2.20. The van der Waals surface area contributed by atoms with Crippen LogP contribution in [0.2, 0.25) is 0 Å². The second kappa shape index (κ2) is 7.13. The summed E-state index contributed by atoms with van der Waals surface area (Å²) in [5.74, 6) is -0.143. The van der Waals surface area contributed by atoms with E-state index >= 15 is 0 Å². The number of likely N-dealkylation sites (N-methyl/N-ethyl adjacent to an activating group) is 1. The van der Waals surface area contributed by atoms with Gasteiger partial charge in [0.25, 0.3) is 0 Å². The number of piperazine rings is 1. The summed E-state index contributed by atoms with van der Waals surface area (Å²) in [5, 5.41) is 2.94. The highest BCUT2D eigenvalue weighted by atomic mass is 16.2. The minimum Gasteiger partial charge on any atom is -0.340 e. The van der Waals surface area contributed by atoms with Crippen LogP contribution >= 0.6 is 0 Å². The third-order valence-corrected chi connectivity index (χ3v) is 4.15. The molecule has 1 aliphatic heterocycles. The van der Waals surface area contributed by atoms with Gasteiger partial charge in [-0.25, -0.2) is 0 Å². The van der Waals surface area contributed by atoms with Crippen LogP contribution in [0, 0.1) is 5.41 Å². The molecule has 1 fully saturated rings. The molecule has 1 atom stereocenters. The number of benzene rings is 1. The molecule has 2 rings (SSSR count). The summed E-state index contributed by atoms with van der Waals surface area (Å²) in [4.78, 5) is 29.4. The standard InChI is InChI=1S/C18H27N3O2/c1-18(2,3)17(23)19-15(14-8-6-5-7-9-14)16(22)21-12-10-20(4)11-13-21/h5-9,15H,10-13H2,1-4H3,(H,19,23)/t15-/m0/s1. The molecular weight excluding hydrogens is 290 g/mol. The van der Waals surface area contributed by atoms with Crippen LogP contribution in [0.4, 0.5) is 0 Å². The SMILES string of the molecule is CN1CCN(C(=O)[C@@H](NC(=O)C(C)(C)C)c2ccccc2)CC1. The fourth-order valence-corrected chi connectivity index (χ4v) is 2.49. The first kappa shape index (κ1) is 17.5. The van der Waals surface area contributed by atoms with Crippen LogP contribution in [-0.2, 0) is 9.59 Å². The van der Waals surface area contributed by atoms with Gasteiger partial charge in [0.2, 0.25) is 11.8 Å². The molecule has 0 aliphatic carbocycles. The molecule has 1 heterocycles. The lowest BCUT2D eigenvalue weighted by Gasteiger charge is -2.35. The van der Waals surface area contributed by atoms with Crippen LogP contribution in [0.5, 0.6) is 0 Å². The molecule has 1 aromatic rings. The third-order valence-electron chi connectivity index (χ3n) is 4.15. The molecule has 0 spiro atoms. The normalized spacial score (nSPS) is 17.7. The summed E-state index contributed by atoms with van der Waals surface area (Å²) < 4.78 is 0. The van der Waals surface area contributed by atoms with Gasteiger partial charge in [0.1, 0.15) is 6.04 Å². The fraction of sp³-hybridized carbons (Fsp3) is 0.556. The van der Waals surface area contributed by atoms with Crippen molar-refractivity contribution in [3.63, 3.8) is 0 Å². The van der Waals surface area contributed by atoms with Gasteiger partial charge in [-0.05, 0) is 12.6 Å². The first-order chi connectivity index (χ1) is 10.8. The Bertz CT molecular complexity index is 543. The highest BCUT2D eigenvalue weighted by Gasteiger charge is 2.32. The van der Waals surface area contributed by atoms with Crippen molar-refractivity contribution >= 4 is 11.8 Å². The topological polar surface area (TPSA) is 52.6 Å². The number of nitrogens with one attached hydrogen (secondary N) is 1. The van der Waals surface area contributed by atoms with Gasteiger partial charge >= 0.3 is 0 Å². The summed E-state index contributed by atoms with van der Waals surface area (Å²) in [6.07, 6.45) is 0. The molecule has 23 heavy (non-hydrogen) atoms. The number of hydrogen-bond donors (Lipinski definition) is 1. The van der Waals surface area contributed by atoms with Gasteiger partial charge in [-0.2, -0.15) is 0 Å². The van der Waals surface area contributed by atoms with Crippen LogP contribution in [0.1, 0.15) is 32.4 Å². The molecule has 1 aliphatic rings. The van der Waals surface area contributed by atoms with Crippen LogP contribution in [0.25, 0.3) is 0 Å². The van der Waals surface area contributed by atoms with E-state index in [9.17, 15) is 9.59 Å². The van der Waals surface area contributed by atoms with E-state index in [1.165, 1.54) is 0 Å². The molecule has 1 aromatic carbocycles. The molecule has 0 aromatic heterocycles. The first-order valence-electron chi connectivity index (χ1n) is 8.12. The molecule has 126 valence electrons. The van der Waals surface area contributed by atoms with Gasteiger partial charge in [0.05, 0.1) is 0 Å². The maximum Gasteiger partial charge on any atom is 0.249 e. The summed E-state index contributed by atoms with van der Waals surface area (Å²) in [6.45, 7) is 8.68. The van der Waals surface area contributed by atoms with E-state index in [1.54, 1.807) is 0 Å². The van der Waals surface area contributed by atoms with Gasteiger partial charge in [-0.1, -0.05) is 51.1 Å². The molecule has 0 unspecified atom stereocenters. The van der Waals surface area contributed by atoms with Gasteiger partial charge in [-0.15, -0.1) is 0 Å². The third kappa shape index (κ3) is 4.55. The fourth-order valence-electron chi connectivity index (χ4n) is 2.49. The van der Waals surface area contributed by atoms with Gasteiger partial charge in [0, 0.05) is 31.6 Å². The van der Waals surface area contributed by atoms with Gasteiger partial charge < -0.3 is 15.1 Å². The molecule has 5 nitrogen and oxygen atoms in total. The molecule has 5 heteroatoms. The molecular formula is C18H27N3O2. The number of rotatable bonds is 3. The van der Waals surface area contributed by atoms with Crippen molar-refractivity contribution in [2.24, 2.45) is 5.41 Å². The number of carbonyl (C=O) groups is 2. The van der Waals surface area contributed by atoms with Crippen molar-refractivity contribution in [3.8, 4) is 0 Å². The lowest BCUT2D eigenvalue weighted by molar-refractivity contribution is -0.140. The highest BCUT2D eigenvalue weighted by molar-refractivity contribution is 5.90. The van der Waals surface area contributed by atoms with E-state index in [0.29, 0.717) is 13.1 Å². The van der Waals surface area contributed by atoms with Crippen LogP contribution < -0.4 is 5.32 Å². The average Bonchev–Trinajstić information content (AvgIpc) is 2.52. The average molecular weight is 317 g/mol. The minimum absolute atomic E-state index is 0.0260. The van der Waals surface area contributed by atoms with E-state index in [4.69, 9.17) is 0 Å². The van der Waals surface area contributed by atoms with Gasteiger partial charge in [0.15, 0.2) is 0 Å². The largest absolute Gasteiger partial charge is 0.340 e. The maximum absolute atomic E-state index is 13.0. The van der Waals surface area contributed by atoms with Crippen molar-refractivity contribution in [3.05, 3.63) is 35.9 Å². The summed E-state index contributed by atoms with van der Waals surface area (Å²) in [5.41, 5.74) is 0.295. The Balaban J connectivity index is 2.20. The zero-order valence-corrected chi connectivity index (χ0v) is 14.5. The van der Waals surface area contributed by atoms with Crippen molar-refractivity contribution in [1.29, 1.82) is 0 Å². The van der Waals surface area contributed by atoms with E-state index in [2.05, 4.69) is 17.3 Å². The van der Waals surface area contributed by atoms with E-state index < -0.39 is 11.5 Å². The second-order valence-corrected chi connectivity index (χ2v) is 7.20. The lowest BCUT2D eigenvalue weighted by Crippen LogP contribution is -2.52. The zero-order chi connectivity index (χ0) is 17.0. The Morgan fingerprint density at radius 2 is 1.61 bits per heavy atom. The summed E-state index contributed by atoms with van der Waals surface area (Å²) in [6, 6.07) is 8.85. The molecule has 0 bridgehead atoms. The molecule has 0 radical (unpaired) electrons. The van der Waals surface area contributed by atoms with E-state index in [0.717, 1.165) is 18.7 Å².